The zero-order valence-corrected chi connectivity index (χ0v) is 8.14. The Morgan fingerprint density at radius 1 is 1.50 bits per heavy atom. The van der Waals surface area contributed by atoms with Crippen LogP contribution in [0.25, 0.3) is 12.3 Å². The largest absolute Gasteiger partial charge is 0.298 e. The third kappa shape index (κ3) is 1.28. The van der Waals surface area contributed by atoms with E-state index < -0.39 is 0 Å². The first-order chi connectivity index (χ1) is 6.63. The monoisotopic (exact) mass is 189 g/mol. The molecule has 0 fully saturated rings. The highest BCUT2D eigenvalue weighted by Gasteiger charge is 2.22. The van der Waals surface area contributed by atoms with E-state index in [0.717, 1.165) is 12.1 Å². The van der Waals surface area contributed by atoms with Gasteiger partial charge in [0.1, 0.15) is 12.6 Å². The molecule has 0 unspecified atom stereocenters. The molecular formula is C10H11N3O. The molecule has 4 nitrogen and oxygen atoms in total. The van der Waals surface area contributed by atoms with Crippen molar-refractivity contribution in [2.24, 2.45) is 5.41 Å². The fraction of sp³-hybridized carbons (Fsp3) is 0.300. The molecule has 0 amide bonds. The molecule has 0 atom stereocenters. The standard InChI is InChI=1S/C10H11N3O/c1-10(2)4-3-9-11-7-12-13(9)5-8(10)6-14/h3-7H,1-2H3. The first-order valence-corrected chi connectivity index (χ1v) is 4.40. The molecule has 0 bridgehead atoms. The lowest BCUT2D eigenvalue weighted by Gasteiger charge is -2.18. The van der Waals surface area contributed by atoms with Crippen LogP contribution in [-0.2, 0) is 4.79 Å². The van der Waals surface area contributed by atoms with Gasteiger partial charge in [-0.15, -0.1) is 0 Å². The maximum absolute atomic E-state index is 10.9. The van der Waals surface area contributed by atoms with E-state index in [4.69, 9.17) is 0 Å². The van der Waals surface area contributed by atoms with Crippen LogP contribution >= 0.6 is 0 Å². The van der Waals surface area contributed by atoms with Crippen molar-refractivity contribution >= 4 is 18.6 Å². The number of allylic oxidation sites excluding steroid dienone is 2. The highest BCUT2D eigenvalue weighted by atomic mass is 16.1. The number of carbonyl (C=O) groups excluding carboxylic acids is 1. The molecule has 1 aromatic rings. The molecule has 2 rings (SSSR count). The highest BCUT2D eigenvalue weighted by molar-refractivity contribution is 5.82. The number of aldehydes is 1. The summed E-state index contributed by atoms with van der Waals surface area (Å²) >= 11 is 0. The van der Waals surface area contributed by atoms with E-state index >= 15 is 0 Å². The van der Waals surface area contributed by atoms with E-state index in [1.807, 2.05) is 26.0 Å². The Morgan fingerprint density at radius 2 is 2.29 bits per heavy atom. The van der Waals surface area contributed by atoms with Gasteiger partial charge in [0.25, 0.3) is 0 Å². The van der Waals surface area contributed by atoms with Gasteiger partial charge in [-0.1, -0.05) is 19.9 Å². The maximum Gasteiger partial charge on any atom is 0.154 e. The Labute approximate surface area is 82.0 Å². The smallest absolute Gasteiger partial charge is 0.154 e. The molecule has 0 aliphatic carbocycles. The zero-order chi connectivity index (χ0) is 10.2. The maximum atomic E-state index is 10.9. The SMILES string of the molecule is CC1(C)C=Cc2ncnn2C=C1C=O. The van der Waals surface area contributed by atoms with Crippen molar-refractivity contribution < 1.29 is 4.79 Å². The van der Waals surface area contributed by atoms with Gasteiger partial charge in [-0.25, -0.2) is 9.67 Å². The van der Waals surface area contributed by atoms with Crippen LogP contribution in [-0.4, -0.2) is 21.1 Å². The molecule has 0 radical (unpaired) electrons. The van der Waals surface area contributed by atoms with E-state index in [1.165, 1.54) is 6.33 Å². The Kier molecular flexibility index (Phi) is 1.84. The second kappa shape index (κ2) is 2.90. The van der Waals surface area contributed by atoms with Gasteiger partial charge < -0.3 is 0 Å². The van der Waals surface area contributed by atoms with Gasteiger partial charge in [-0.3, -0.25) is 4.79 Å². The first kappa shape index (κ1) is 8.87. The molecule has 0 N–H and O–H groups in total. The number of rotatable bonds is 1. The van der Waals surface area contributed by atoms with Crippen LogP contribution in [0.15, 0.2) is 18.0 Å². The van der Waals surface area contributed by atoms with E-state index in [-0.39, 0.29) is 5.41 Å². The van der Waals surface area contributed by atoms with Gasteiger partial charge in [0.05, 0.1) is 0 Å². The molecule has 2 heterocycles. The van der Waals surface area contributed by atoms with Crippen LogP contribution in [0.3, 0.4) is 0 Å². The van der Waals surface area contributed by atoms with Crippen molar-refractivity contribution in [1.29, 1.82) is 0 Å². The van der Waals surface area contributed by atoms with Crippen LogP contribution < -0.4 is 0 Å². The summed E-state index contributed by atoms with van der Waals surface area (Å²) in [5.41, 5.74) is 0.433. The summed E-state index contributed by atoms with van der Waals surface area (Å²) in [5, 5.41) is 4.00. The minimum absolute atomic E-state index is 0.260. The second-order valence-electron chi connectivity index (χ2n) is 3.82. The summed E-state index contributed by atoms with van der Waals surface area (Å²) in [6.45, 7) is 3.96. The highest BCUT2D eigenvalue weighted by Crippen LogP contribution is 2.29. The van der Waals surface area contributed by atoms with Gasteiger partial charge in [-0.05, 0) is 6.08 Å². The van der Waals surface area contributed by atoms with Crippen LogP contribution in [0.4, 0.5) is 0 Å². The average molecular weight is 189 g/mol. The summed E-state index contributed by atoms with van der Waals surface area (Å²) in [6, 6.07) is 0. The Bertz CT molecular complexity index is 426. The minimum atomic E-state index is -0.260. The molecule has 4 heteroatoms. The third-order valence-electron chi connectivity index (χ3n) is 2.38. The topological polar surface area (TPSA) is 47.8 Å². The number of hydrogen-bond donors (Lipinski definition) is 0. The van der Waals surface area contributed by atoms with E-state index in [9.17, 15) is 4.79 Å². The molecule has 0 saturated heterocycles. The van der Waals surface area contributed by atoms with Crippen molar-refractivity contribution in [3.05, 3.63) is 23.8 Å². The fourth-order valence-corrected chi connectivity index (χ4v) is 1.34. The van der Waals surface area contributed by atoms with E-state index in [2.05, 4.69) is 10.1 Å². The molecule has 0 aromatic carbocycles. The minimum Gasteiger partial charge on any atom is -0.298 e. The lowest BCUT2D eigenvalue weighted by molar-refractivity contribution is -0.105. The van der Waals surface area contributed by atoms with Gasteiger partial charge in [0.15, 0.2) is 5.82 Å². The van der Waals surface area contributed by atoms with Crippen molar-refractivity contribution in [3.63, 3.8) is 0 Å². The van der Waals surface area contributed by atoms with Crippen LogP contribution in [0.2, 0.25) is 0 Å². The average Bonchev–Trinajstić information content (AvgIpc) is 2.53. The Morgan fingerprint density at radius 3 is 3.00 bits per heavy atom. The number of aromatic nitrogens is 3. The quantitative estimate of drug-likeness (QED) is 0.627. The molecule has 1 aliphatic heterocycles. The van der Waals surface area contributed by atoms with E-state index in [0.29, 0.717) is 5.57 Å². The van der Waals surface area contributed by atoms with Crippen LogP contribution in [0.1, 0.15) is 19.7 Å². The summed E-state index contributed by atoms with van der Waals surface area (Å²) in [7, 11) is 0. The molecule has 0 spiro atoms. The molecule has 14 heavy (non-hydrogen) atoms. The predicted octanol–water partition coefficient (Wildman–Crippen LogP) is 1.37. The van der Waals surface area contributed by atoms with Crippen LogP contribution in [0.5, 0.6) is 0 Å². The Hall–Kier alpha value is -1.71. The third-order valence-corrected chi connectivity index (χ3v) is 2.38. The predicted molar refractivity (Wildman–Crippen MR) is 53.2 cm³/mol. The van der Waals surface area contributed by atoms with Gasteiger partial charge in [0, 0.05) is 17.2 Å². The molecular weight excluding hydrogens is 178 g/mol. The zero-order valence-electron chi connectivity index (χ0n) is 8.14. The fourth-order valence-electron chi connectivity index (χ4n) is 1.34. The number of nitrogens with zero attached hydrogens (tertiary/aromatic N) is 3. The lowest BCUT2D eigenvalue weighted by Crippen LogP contribution is -2.12. The summed E-state index contributed by atoms with van der Waals surface area (Å²) in [5.74, 6) is 0.745. The number of carbonyl (C=O) groups is 1. The van der Waals surface area contributed by atoms with Gasteiger partial charge in [-0.2, -0.15) is 5.10 Å². The number of fused-ring (bicyclic) bond motifs is 1. The molecule has 0 saturated carbocycles. The first-order valence-electron chi connectivity index (χ1n) is 4.40. The molecule has 72 valence electrons. The summed E-state index contributed by atoms with van der Waals surface area (Å²) in [6.07, 6.45) is 7.88. The summed E-state index contributed by atoms with van der Waals surface area (Å²) < 4.78 is 1.61. The molecule has 1 aliphatic rings. The second-order valence-corrected chi connectivity index (χ2v) is 3.82. The number of hydrogen-bond acceptors (Lipinski definition) is 3. The van der Waals surface area contributed by atoms with Crippen LogP contribution in [0, 0.1) is 5.41 Å². The molecule has 1 aromatic heterocycles. The normalized spacial score (nSPS) is 18.3. The lowest BCUT2D eigenvalue weighted by atomic mass is 9.85. The van der Waals surface area contributed by atoms with Gasteiger partial charge in [0.2, 0.25) is 0 Å². The van der Waals surface area contributed by atoms with Crippen molar-refractivity contribution in [1.82, 2.24) is 14.8 Å². The van der Waals surface area contributed by atoms with E-state index in [1.54, 1.807) is 10.9 Å². The van der Waals surface area contributed by atoms with Crippen molar-refractivity contribution in [3.8, 4) is 0 Å². The van der Waals surface area contributed by atoms with Crippen molar-refractivity contribution in [2.45, 2.75) is 13.8 Å². The summed E-state index contributed by atoms with van der Waals surface area (Å²) in [4.78, 5) is 15.0. The van der Waals surface area contributed by atoms with Gasteiger partial charge >= 0.3 is 0 Å². The Balaban J connectivity index is 2.60. The van der Waals surface area contributed by atoms with Crippen molar-refractivity contribution in [2.75, 3.05) is 0 Å².